The lowest BCUT2D eigenvalue weighted by molar-refractivity contribution is 0.0208. The van der Waals surface area contributed by atoms with E-state index in [0.717, 1.165) is 25.1 Å². The number of benzene rings is 1. The molecule has 0 aliphatic carbocycles. The molecule has 0 spiro atoms. The first kappa shape index (κ1) is 18.5. The molecule has 2 aliphatic rings. The number of hydrogen-bond acceptors (Lipinski definition) is 3. The number of amides is 2. The maximum Gasteiger partial charge on any atom is 0.319 e. The van der Waals surface area contributed by atoms with Crippen LogP contribution in [0, 0.1) is 13.8 Å². The third-order valence-corrected chi connectivity index (χ3v) is 6.72. The van der Waals surface area contributed by atoms with Gasteiger partial charge in [0, 0.05) is 35.2 Å². The number of nitrogens with zero attached hydrogens (tertiary/aromatic N) is 1. The lowest BCUT2D eigenvalue weighted by atomic mass is 9.81. The van der Waals surface area contributed by atoms with Crippen LogP contribution < -0.4 is 10.6 Å². The van der Waals surface area contributed by atoms with E-state index in [9.17, 15) is 4.79 Å². The zero-order valence-corrected chi connectivity index (χ0v) is 17.0. The van der Waals surface area contributed by atoms with Gasteiger partial charge >= 0.3 is 6.03 Å². The number of fused-ring (bicyclic) bond motifs is 2. The van der Waals surface area contributed by atoms with Crippen LogP contribution in [0.25, 0.3) is 0 Å². The van der Waals surface area contributed by atoms with Crippen molar-refractivity contribution in [2.24, 2.45) is 0 Å². The topological polar surface area (TPSA) is 44.4 Å². The number of hydrogen-bond donors (Lipinski definition) is 2. The zero-order chi connectivity index (χ0) is 18.8. The van der Waals surface area contributed by atoms with Gasteiger partial charge in [-0.1, -0.05) is 18.6 Å². The molecule has 2 atom stereocenters. The maximum absolute atomic E-state index is 12.5. The molecule has 27 heavy (non-hydrogen) atoms. The molecule has 144 valence electrons. The van der Waals surface area contributed by atoms with Gasteiger partial charge in [-0.3, -0.25) is 4.90 Å². The molecule has 4 rings (SSSR count). The summed E-state index contributed by atoms with van der Waals surface area (Å²) in [6.45, 7) is 5.18. The van der Waals surface area contributed by atoms with Crippen LogP contribution in [0.2, 0.25) is 0 Å². The van der Waals surface area contributed by atoms with Gasteiger partial charge in [-0.05, 0) is 74.2 Å². The third kappa shape index (κ3) is 4.53. The molecular formula is C22H29N3OS. The molecule has 3 heterocycles. The normalized spacial score (nSPS) is 25.2. The van der Waals surface area contributed by atoms with Gasteiger partial charge in [0.2, 0.25) is 0 Å². The van der Waals surface area contributed by atoms with Gasteiger partial charge in [0.25, 0.3) is 0 Å². The number of aryl methyl sites for hydroxylation is 2. The van der Waals surface area contributed by atoms with Gasteiger partial charge in [0.15, 0.2) is 0 Å². The summed E-state index contributed by atoms with van der Waals surface area (Å²) in [5.74, 6) is 0. The first-order valence-electron chi connectivity index (χ1n) is 10.0. The van der Waals surface area contributed by atoms with Crippen LogP contribution in [-0.2, 0) is 6.54 Å². The number of nitrogens with one attached hydrogen (secondary N) is 2. The molecule has 0 unspecified atom stereocenters. The molecule has 5 heteroatoms. The van der Waals surface area contributed by atoms with E-state index in [4.69, 9.17) is 0 Å². The number of carbonyl (C=O) groups is 1. The van der Waals surface area contributed by atoms with Crippen LogP contribution in [0.15, 0.2) is 35.7 Å². The van der Waals surface area contributed by atoms with Crippen molar-refractivity contribution in [1.82, 2.24) is 10.2 Å². The van der Waals surface area contributed by atoms with E-state index in [2.05, 4.69) is 53.0 Å². The van der Waals surface area contributed by atoms with Gasteiger partial charge in [-0.2, -0.15) is 0 Å². The van der Waals surface area contributed by atoms with Crippen molar-refractivity contribution in [3.05, 3.63) is 51.7 Å². The Hall–Kier alpha value is -1.85. The van der Waals surface area contributed by atoms with Gasteiger partial charge in [0.1, 0.15) is 0 Å². The Kier molecular flexibility index (Phi) is 5.50. The molecule has 2 fully saturated rings. The Bertz CT molecular complexity index is 755. The largest absolute Gasteiger partial charge is 0.335 e. The highest BCUT2D eigenvalue weighted by Crippen LogP contribution is 2.35. The van der Waals surface area contributed by atoms with E-state index < -0.39 is 0 Å². The predicted octanol–water partition coefficient (Wildman–Crippen LogP) is 5.07. The van der Waals surface area contributed by atoms with Gasteiger partial charge in [0.05, 0.1) is 0 Å². The summed E-state index contributed by atoms with van der Waals surface area (Å²) in [4.78, 5) is 16.7. The van der Waals surface area contributed by atoms with Crippen molar-refractivity contribution in [2.45, 2.75) is 70.6 Å². The third-order valence-electron chi connectivity index (χ3n) is 5.86. The minimum absolute atomic E-state index is 0.0743. The fourth-order valence-corrected chi connectivity index (χ4v) is 5.55. The van der Waals surface area contributed by atoms with Gasteiger partial charge in [-0.25, -0.2) is 4.79 Å². The molecule has 1 aromatic heterocycles. The Morgan fingerprint density at radius 1 is 1.15 bits per heavy atom. The number of anilines is 1. The quantitative estimate of drug-likeness (QED) is 0.774. The first-order chi connectivity index (χ1) is 13.1. The summed E-state index contributed by atoms with van der Waals surface area (Å²) >= 11 is 1.85. The number of thiophene rings is 1. The Morgan fingerprint density at radius 2 is 1.85 bits per heavy atom. The summed E-state index contributed by atoms with van der Waals surface area (Å²) in [7, 11) is 0. The lowest BCUT2D eigenvalue weighted by Crippen LogP contribution is -2.56. The highest BCUT2D eigenvalue weighted by atomic mass is 32.1. The summed E-state index contributed by atoms with van der Waals surface area (Å²) in [5, 5.41) is 8.43. The lowest BCUT2D eigenvalue weighted by Gasteiger charge is -2.48. The van der Waals surface area contributed by atoms with Gasteiger partial charge in [-0.15, -0.1) is 11.3 Å². The van der Waals surface area contributed by atoms with Crippen molar-refractivity contribution in [2.75, 3.05) is 5.32 Å². The summed E-state index contributed by atoms with van der Waals surface area (Å²) in [6, 6.07) is 11.9. The standard InChI is InChI=1S/C22H29N3OS/c1-15-9-16(2)11-17(10-15)23-22(26)24-18-12-19-5-3-6-20(13-18)25(19)14-21-7-4-8-27-21/h4,7-11,18-20H,3,5-6,12-14H2,1-2H3,(H2,23,24,26)/t19-,20-/m1/s1. The minimum Gasteiger partial charge on any atom is -0.335 e. The van der Waals surface area contributed by atoms with E-state index in [1.54, 1.807) is 0 Å². The second-order valence-electron chi connectivity index (χ2n) is 8.13. The monoisotopic (exact) mass is 383 g/mol. The number of urea groups is 1. The fraction of sp³-hybridized carbons (Fsp3) is 0.500. The number of rotatable bonds is 4. The predicted molar refractivity (Wildman–Crippen MR) is 112 cm³/mol. The molecule has 0 radical (unpaired) electrons. The second-order valence-corrected chi connectivity index (χ2v) is 9.17. The smallest absolute Gasteiger partial charge is 0.319 e. The minimum atomic E-state index is -0.0743. The average Bonchev–Trinajstić information content (AvgIpc) is 3.07. The fourth-order valence-electron chi connectivity index (χ4n) is 4.84. The Balaban J connectivity index is 1.36. The molecule has 2 amide bonds. The zero-order valence-electron chi connectivity index (χ0n) is 16.2. The van der Waals surface area contributed by atoms with Crippen LogP contribution in [0.3, 0.4) is 0 Å². The van der Waals surface area contributed by atoms with E-state index in [1.807, 2.05) is 23.5 Å². The van der Waals surface area contributed by atoms with E-state index in [0.29, 0.717) is 12.1 Å². The van der Waals surface area contributed by atoms with Gasteiger partial charge < -0.3 is 10.6 Å². The van der Waals surface area contributed by atoms with E-state index in [1.165, 1.54) is 35.3 Å². The van der Waals surface area contributed by atoms with Crippen molar-refractivity contribution < 1.29 is 4.79 Å². The molecule has 2 bridgehead atoms. The van der Waals surface area contributed by atoms with Crippen LogP contribution in [0.4, 0.5) is 10.5 Å². The maximum atomic E-state index is 12.5. The molecule has 2 aromatic rings. The Morgan fingerprint density at radius 3 is 2.48 bits per heavy atom. The molecular weight excluding hydrogens is 354 g/mol. The van der Waals surface area contributed by atoms with Crippen molar-refractivity contribution >= 4 is 23.1 Å². The second kappa shape index (κ2) is 8.03. The molecule has 4 nitrogen and oxygen atoms in total. The number of piperidine rings is 2. The first-order valence-corrected chi connectivity index (χ1v) is 10.9. The Labute approximate surface area is 166 Å². The van der Waals surface area contributed by atoms with Crippen molar-refractivity contribution in [3.8, 4) is 0 Å². The van der Waals surface area contributed by atoms with Crippen LogP contribution in [0.1, 0.15) is 48.1 Å². The summed E-state index contributed by atoms with van der Waals surface area (Å²) in [5.41, 5.74) is 3.21. The molecule has 1 aromatic carbocycles. The van der Waals surface area contributed by atoms with E-state index in [-0.39, 0.29) is 12.1 Å². The molecule has 2 saturated heterocycles. The van der Waals surface area contributed by atoms with Crippen LogP contribution >= 0.6 is 11.3 Å². The molecule has 2 aliphatic heterocycles. The highest BCUT2D eigenvalue weighted by molar-refractivity contribution is 7.09. The molecule has 0 saturated carbocycles. The van der Waals surface area contributed by atoms with Crippen molar-refractivity contribution in [1.29, 1.82) is 0 Å². The average molecular weight is 384 g/mol. The highest BCUT2D eigenvalue weighted by Gasteiger charge is 2.38. The summed E-state index contributed by atoms with van der Waals surface area (Å²) in [6.07, 6.45) is 5.93. The summed E-state index contributed by atoms with van der Waals surface area (Å²) < 4.78 is 0. The van der Waals surface area contributed by atoms with Crippen molar-refractivity contribution in [3.63, 3.8) is 0 Å². The molecule has 2 N–H and O–H groups in total. The van der Waals surface area contributed by atoms with Crippen LogP contribution in [0.5, 0.6) is 0 Å². The SMILES string of the molecule is Cc1cc(C)cc(NC(=O)NC2C[C@H]3CCC[C@H](C2)N3Cc2cccs2)c1. The van der Waals surface area contributed by atoms with Crippen LogP contribution in [-0.4, -0.2) is 29.1 Å². The van der Waals surface area contributed by atoms with E-state index >= 15 is 0 Å². The number of carbonyl (C=O) groups excluding carboxylic acids is 1.